The Balaban J connectivity index is 1.69. The molecule has 0 spiro atoms. The molecule has 1 aliphatic rings. The lowest BCUT2D eigenvalue weighted by Crippen LogP contribution is -2.51. The highest BCUT2D eigenvalue weighted by molar-refractivity contribution is 7.92. The number of benzene rings is 2. The smallest absolute Gasteiger partial charge is 0.261 e. The van der Waals surface area contributed by atoms with Crippen LogP contribution in [-0.2, 0) is 26.1 Å². The minimum atomic E-state index is -3.69. The molecular formula is C18H21N3O4S. The molecule has 8 heteroatoms. The van der Waals surface area contributed by atoms with Crippen LogP contribution in [0.25, 0.3) is 0 Å². The molecule has 0 bridgehead atoms. The van der Waals surface area contributed by atoms with E-state index < -0.39 is 16.1 Å². The van der Waals surface area contributed by atoms with E-state index in [2.05, 4.69) is 15.4 Å². The molecule has 2 aromatic carbocycles. The van der Waals surface area contributed by atoms with Crippen LogP contribution in [0.2, 0.25) is 0 Å². The first-order valence-electron chi connectivity index (χ1n) is 8.31. The predicted molar refractivity (Wildman–Crippen MR) is 98.1 cm³/mol. The molecule has 7 nitrogen and oxygen atoms in total. The molecule has 0 aromatic heterocycles. The van der Waals surface area contributed by atoms with Crippen LogP contribution in [0.4, 0.5) is 5.69 Å². The van der Waals surface area contributed by atoms with Gasteiger partial charge in [0.05, 0.1) is 23.8 Å². The van der Waals surface area contributed by atoms with Gasteiger partial charge in [-0.2, -0.15) is 0 Å². The highest BCUT2D eigenvalue weighted by Gasteiger charge is 2.21. The van der Waals surface area contributed by atoms with Gasteiger partial charge in [-0.05, 0) is 23.8 Å². The van der Waals surface area contributed by atoms with E-state index >= 15 is 0 Å². The van der Waals surface area contributed by atoms with Gasteiger partial charge in [0.2, 0.25) is 5.91 Å². The Morgan fingerprint density at radius 1 is 1.12 bits per heavy atom. The Morgan fingerprint density at radius 2 is 1.85 bits per heavy atom. The third-order valence-corrected chi connectivity index (χ3v) is 5.39. The number of hydrogen-bond acceptors (Lipinski definition) is 5. The average Bonchev–Trinajstić information content (AvgIpc) is 2.68. The largest absolute Gasteiger partial charge is 0.378 e. The number of hydrogen-bond donors (Lipinski definition) is 3. The Labute approximate surface area is 152 Å². The maximum absolute atomic E-state index is 12.5. The van der Waals surface area contributed by atoms with Gasteiger partial charge >= 0.3 is 0 Å². The van der Waals surface area contributed by atoms with Crippen molar-refractivity contribution in [1.82, 2.24) is 10.6 Å². The second-order valence-electron chi connectivity index (χ2n) is 5.88. The summed E-state index contributed by atoms with van der Waals surface area (Å²) < 4.78 is 32.9. The van der Waals surface area contributed by atoms with E-state index in [-0.39, 0.29) is 17.3 Å². The molecule has 0 radical (unpaired) electrons. The summed E-state index contributed by atoms with van der Waals surface area (Å²) in [6.07, 6.45) is 0. The molecule has 1 unspecified atom stereocenters. The second-order valence-corrected chi connectivity index (χ2v) is 7.56. The van der Waals surface area contributed by atoms with Crippen LogP contribution in [0, 0.1) is 0 Å². The molecular weight excluding hydrogens is 354 g/mol. The zero-order valence-corrected chi connectivity index (χ0v) is 15.0. The molecule has 26 heavy (non-hydrogen) atoms. The number of sulfonamides is 1. The minimum absolute atomic E-state index is 0.176. The zero-order chi connectivity index (χ0) is 18.4. The third kappa shape index (κ3) is 4.60. The van der Waals surface area contributed by atoms with Crippen LogP contribution in [0.5, 0.6) is 0 Å². The molecule has 0 aliphatic carbocycles. The fourth-order valence-electron chi connectivity index (χ4n) is 2.62. The molecule has 1 atom stereocenters. The summed E-state index contributed by atoms with van der Waals surface area (Å²) >= 11 is 0. The van der Waals surface area contributed by atoms with E-state index in [0.29, 0.717) is 31.0 Å². The zero-order valence-electron chi connectivity index (χ0n) is 14.1. The van der Waals surface area contributed by atoms with Crippen LogP contribution in [0.3, 0.4) is 0 Å². The SMILES string of the molecule is O=C(NCc1ccccc1NS(=O)(=O)c1ccccc1)C1COCCN1. The highest BCUT2D eigenvalue weighted by atomic mass is 32.2. The van der Waals surface area contributed by atoms with Gasteiger partial charge in [0, 0.05) is 13.1 Å². The Kier molecular flexibility index (Phi) is 5.87. The number of carbonyl (C=O) groups is 1. The predicted octanol–water partition coefficient (Wildman–Crippen LogP) is 1.09. The maximum Gasteiger partial charge on any atom is 0.261 e. The summed E-state index contributed by atoms with van der Waals surface area (Å²) in [6.45, 7) is 1.76. The molecule has 1 aliphatic heterocycles. The monoisotopic (exact) mass is 375 g/mol. The van der Waals surface area contributed by atoms with Gasteiger partial charge in [-0.15, -0.1) is 0 Å². The molecule has 1 amide bonds. The van der Waals surface area contributed by atoms with E-state index in [9.17, 15) is 13.2 Å². The first kappa shape index (κ1) is 18.4. The lowest BCUT2D eigenvalue weighted by atomic mass is 10.1. The van der Waals surface area contributed by atoms with Gasteiger partial charge in [0.15, 0.2) is 0 Å². The summed E-state index contributed by atoms with van der Waals surface area (Å²) in [7, 11) is -3.69. The first-order chi connectivity index (χ1) is 12.6. The van der Waals surface area contributed by atoms with E-state index in [4.69, 9.17) is 4.74 Å². The van der Waals surface area contributed by atoms with Crippen molar-refractivity contribution in [2.24, 2.45) is 0 Å². The van der Waals surface area contributed by atoms with E-state index in [1.54, 1.807) is 42.5 Å². The summed E-state index contributed by atoms with van der Waals surface area (Å²) in [5.74, 6) is -0.176. The van der Waals surface area contributed by atoms with Gasteiger partial charge in [0.1, 0.15) is 6.04 Å². The van der Waals surface area contributed by atoms with Crippen LogP contribution >= 0.6 is 0 Å². The quantitative estimate of drug-likeness (QED) is 0.702. The normalized spacial score (nSPS) is 17.5. The van der Waals surface area contributed by atoms with Gasteiger partial charge in [0.25, 0.3) is 10.0 Å². The van der Waals surface area contributed by atoms with Gasteiger partial charge in [-0.25, -0.2) is 8.42 Å². The summed E-state index contributed by atoms with van der Waals surface area (Å²) in [5, 5.41) is 5.90. The number of amides is 1. The molecule has 3 N–H and O–H groups in total. The summed E-state index contributed by atoms with van der Waals surface area (Å²) in [6, 6.07) is 14.7. The van der Waals surface area contributed by atoms with Gasteiger partial charge < -0.3 is 15.4 Å². The summed E-state index contributed by atoms with van der Waals surface area (Å²) in [5.41, 5.74) is 1.11. The van der Waals surface area contributed by atoms with Crippen molar-refractivity contribution in [3.63, 3.8) is 0 Å². The molecule has 0 saturated carbocycles. The Bertz CT molecular complexity index is 850. The average molecular weight is 375 g/mol. The molecule has 1 fully saturated rings. The number of rotatable bonds is 6. The van der Waals surface area contributed by atoms with Crippen molar-refractivity contribution < 1.29 is 17.9 Å². The van der Waals surface area contributed by atoms with E-state index in [1.807, 2.05) is 0 Å². The number of para-hydroxylation sites is 1. The number of anilines is 1. The van der Waals surface area contributed by atoms with Crippen molar-refractivity contribution in [3.05, 3.63) is 60.2 Å². The van der Waals surface area contributed by atoms with Crippen molar-refractivity contribution in [3.8, 4) is 0 Å². The fourth-order valence-corrected chi connectivity index (χ4v) is 3.74. The molecule has 3 rings (SSSR count). The van der Waals surface area contributed by atoms with Crippen molar-refractivity contribution in [2.45, 2.75) is 17.5 Å². The Morgan fingerprint density at radius 3 is 2.58 bits per heavy atom. The fraction of sp³-hybridized carbons (Fsp3) is 0.278. The van der Waals surface area contributed by atoms with Crippen molar-refractivity contribution in [2.75, 3.05) is 24.5 Å². The standard InChI is InChI=1S/C18H21N3O4S/c22-18(17-13-25-11-10-19-17)20-12-14-6-4-5-9-16(14)21-26(23,24)15-7-2-1-3-8-15/h1-9,17,19,21H,10-13H2,(H,20,22). The van der Waals surface area contributed by atoms with Crippen LogP contribution in [-0.4, -0.2) is 40.1 Å². The lowest BCUT2D eigenvalue weighted by Gasteiger charge is -2.23. The van der Waals surface area contributed by atoms with Crippen LogP contribution in [0.1, 0.15) is 5.56 Å². The molecule has 2 aromatic rings. The molecule has 1 heterocycles. The number of nitrogens with one attached hydrogen (secondary N) is 3. The van der Waals surface area contributed by atoms with Crippen molar-refractivity contribution in [1.29, 1.82) is 0 Å². The first-order valence-corrected chi connectivity index (χ1v) is 9.79. The van der Waals surface area contributed by atoms with E-state index in [1.165, 1.54) is 12.1 Å². The minimum Gasteiger partial charge on any atom is -0.378 e. The van der Waals surface area contributed by atoms with Crippen LogP contribution in [0.15, 0.2) is 59.5 Å². The molecule has 138 valence electrons. The van der Waals surface area contributed by atoms with Crippen LogP contribution < -0.4 is 15.4 Å². The van der Waals surface area contributed by atoms with Gasteiger partial charge in [-0.1, -0.05) is 36.4 Å². The highest BCUT2D eigenvalue weighted by Crippen LogP contribution is 2.20. The third-order valence-electron chi connectivity index (χ3n) is 4.01. The second kappa shape index (κ2) is 8.31. The number of ether oxygens (including phenoxy) is 1. The molecule has 1 saturated heterocycles. The maximum atomic E-state index is 12.5. The number of morpholine rings is 1. The topological polar surface area (TPSA) is 96.5 Å². The van der Waals surface area contributed by atoms with Gasteiger partial charge in [-0.3, -0.25) is 9.52 Å². The van der Waals surface area contributed by atoms with Crippen molar-refractivity contribution >= 4 is 21.6 Å². The summed E-state index contributed by atoms with van der Waals surface area (Å²) in [4.78, 5) is 12.4. The van der Waals surface area contributed by atoms with E-state index in [0.717, 1.165) is 0 Å². The number of carbonyl (C=O) groups excluding carboxylic acids is 1. The lowest BCUT2D eigenvalue weighted by molar-refractivity contribution is -0.126. The Hall–Kier alpha value is -2.42.